The number of hydrogen-bond acceptors (Lipinski definition) is 7. The van der Waals surface area contributed by atoms with Crippen LogP contribution in [0.25, 0.3) is 0 Å². The number of hydrogen-bond donors (Lipinski definition) is 3. The molecule has 8 heteroatoms. The highest BCUT2D eigenvalue weighted by atomic mass is 16.6. The Morgan fingerprint density at radius 2 is 1.82 bits per heavy atom. The first-order valence-corrected chi connectivity index (χ1v) is 8.76. The van der Waals surface area contributed by atoms with Crippen LogP contribution in [-0.4, -0.2) is 29.1 Å². The molecule has 1 aliphatic heterocycles. The van der Waals surface area contributed by atoms with E-state index in [0.29, 0.717) is 36.5 Å². The highest BCUT2D eigenvalue weighted by Gasteiger charge is 2.15. The maximum Gasteiger partial charge on any atom is 0.254 e. The van der Waals surface area contributed by atoms with Gasteiger partial charge in [-0.1, -0.05) is 12.1 Å². The monoisotopic (exact) mass is 377 g/mol. The predicted molar refractivity (Wildman–Crippen MR) is 106 cm³/mol. The zero-order chi connectivity index (χ0) is 19.5. The largest absolute Gasteiger partial charge is 0.486 e. The fourth-order valence-electron chi connectivity index (χ4n) is 2.83. The van der Waals surface area contributed by atoms with Gasteiger partial charge in [-0.2, -0.15) is 4.98 Å². The molecule has 0 saturated carbocycles. The normalized spacial score (nSPS) is 12.3. The summed E-state index contributed by atoms with van der Waals surface area (Å²) < 4.78 is 11.1. The maximum atomic E-state index is 11.8. The van der Waals surface area contributed by atoms with Crippen molar-refractivity contribution in [3.05, 3.63) is 59.8 Å². The Kier molecular flexibility index (Phi) is 4.67. The standard InChI is InChI=1S/C20H19N5O3/c1-12-3-2-4-13(9-12)23-19-15(18(21)26)11-22-20(25-19)24-14-5-6-16-17(10-14)28-8-7-27-16/h2-6,9-11H,7-8H2,1H3,(H2,21,26)(H2,22,23,24,25). The number of nitrogens with two attached hydrogens (primary N) is 1. The van der Waals surface area contributed by atoms with Crippen molar-refractivity contribution in [1.82, 2.24) is 9.97 Å². The second-order valence-electron chi connectivity index (χ2n) is 6.30. The lowest BCUT2D eigenvalue weighted by Crippen LogP contribution is -2.16. The third kappa shape index (κ3) is 3.80. The van der Waals surface area contributed by atoms with E-state index in [1.165, 1.54) is 6.20 Å². The van der Waals surface area contributed by atoms with E-state index in [9.17, 15) is 4.79 Å². The van der Waals surface area contributed by atoms with Gasteiger partial charge in [0, 0.05) is 23.6 Å². The Balaban J connectivity index is 1.62. The summed E-state index contributed by atoms with van der Waals surface area (Å²) in [4.78, 5) is 20.4. The highest BCUT2D eigenvalue weighted by Crippen LogP contribution is 2.33. The molecule has 0 aliphatic carbocycles. The molecule has 4 N–H and O–H groups in total. The summed E-state index contributed by atoms with van der Waals surface area (Å²) in [6.07, 6.45) is 1.40. The van der Waals surface area contributed by atoms with Crippen LogP contribution in [0, 0.1) is 6.92 Å². The molecule has 0 saturated heterocycles. The summed E-state index contributed by atoms with van der Waals surface area (Å²) in [5.41, 5.74) is 8.28. The number of aryl methyl sites for hydroxylation is 1. The average molecular weight is 377 g/mol. The van der Waals surface area contributed by atoms with E-state index in [2.05, 4.69) is 20.6 Å². The molecular formula is C20H19N5O3. The summed E-state index contributed by atoms with van der Waals surface area (Å²) in [6, 6.07) is 13.2. The molecule has 3 aromatic rings. The van der Waals surface area contributed by atoms with Crippen molar-refractivity contribution in [2.45, 2.75) is 6.92 Å². The number of nitrogens with one attached hydrogen (secondary N) is 2. The zero-order valence-corrected chi connectivity index (χ0v) is 15.2. The van der Waals surface area contributed by atoms with E-state index in [4.69, 9.17) is 15.2 Å². The first kappa shape index (κ1) is 17.6. The molecular weight excluding hydrogens is 358 g/mol. The van der Waals surface area contributed by atoms with Crippen molar-refractivity contribution in [1.29, 1.82) is 0 Å². The quantitative estimate of drug-likeness (QED) is 0.626. The molecule has 2 heterocycles. The lowest BCUT2D eigenvalue weighted by Gasteiger charge is -2.19. The molecule has 0 unspecified atom stereocenters. The molecule has 0 atom stereocenters. The van der Waals surface area contributed by atoms with Gasteiger partial charge < -0.3 is 25.8 Å². The SMILES string of the molecule is Cc1cccc(Nc2nc(Nc3ccc4c(c3)OCCO4)ncc2C(N)=O)c1. The van der Waals surface area contributed by atoms with Crippen LogP contribution in [-0.2, 0) is 0 Å². The van der Waals surface area contributed by atoms with E-state index in [0.717, 1.165) is 16.9 Å². The molecule has 8 nitrogen and oxygen atoms in total. The van der Waals surface area contributed by atoms with Crippen molar-refractivity contribution in [2.24, 2.45) is 5.73 Å². The molecule has 0 fully saturated rings. The van der Waals surface area contributed by atoms with Gasteiger partial charge in [0.2, 0.25) is 5.95 Å². The van der Waals surface area contributed by atoms with Crippen LogP contribution in [0.1, 0.15) is 15.9 Å². The minimum Gasteiger partial charge on any atom is -0.486 e. The number of fused-ring (bicyclic) bond motifs is 1. The van der Waals surface area contributed by atoms with Crippen LogP contribution in [0.4, 0.5) is 23.1 Å². The van der Waals surface area contributed by atoms with Crippen LogP contribution in [0.2, 0.25) is 0 Å². The number of anilines is 4. The second kappa shape index (κ2) is 7.43. The Hall–Kier alpha value is -3.81. The fourth-order valence-corrected chi connectivity index (χ4v) is 2.83. The third-order valence-corrected chi connectivity index (χ3v) is 4.13. The van der Waals surface area contributed by atoms with E-state index in [1.54, 1.807) is 0 Å². The molecule has 28 heavy (non-hydrogen) atoms. The van der Waals surface area contributed by atoms with E-state index < -0.39 is 5.91 Å². The number of rotatable bonds is 5. The van der Waals surface area contributed by atoms with Gasteiger partial charge in [-0.3, -0.25) is 4.79 Å². The second-order valence-corrected chi connectivity index (χ2v) is 6.30. The summed E-state index contributed by atoms with van der Waals surface area (Å²) in [7, 11) is 0. The number of amides is 1. The van der Waals surface area contributed by atoms with Gasteiger partial charge in [-0.15, -0.1) is 0 Å². The van der Waals surface area contributed by atoms with Crippen LogP contribution in [0.3, 0.4) is 0 Å². The number of primary amides is 1. The van der Waals surface area contributed by atoms with Crippen LogP contribution in [0.5, 0.6) is 11.5 Å². The van der Waals surface area contributed by atoms with E-state index in [-0.39, 0.29) is 5.56 Å². The zero-order valence-electron chi connectivity index (χ0n) is 15.2. The van der Waals surface area contributed by atoms with Crippen molar-refractivity contribution in [2.75, 3.05) is 23.8 Å². The molecule has 1 aliphatic rings. The molecule has 4 rings (SSSR count). The molecule has 2 aromatic carbocycles. The number of ether oxygens (including phenoxy) is 2. The Morgan fingerprint density at radius 1 is 1.04 bits per heavy atom. The van der Waals surface area contributed by atoms with Crippen LogP contribution >= 0.6 is 0 Å². The summed E-state index contributed by atoms with van der Waals surface area (Å²) in [5.74, 6) is 1.39. The Labute approximate surface area is 161 Å². The lowest BCUT2D eigenvalue weighted by molar-refractivity contribution is 0.100. The number of carbonyl (C=O) groups excluding carboxylic acids is 1. The Morgan fingerprint density at radius 3 is 2.61 bits per heavy atom. The molecule has 142 valence electrons. The first-order chi connectivity index (χ1) is 13.6. The minimum absolute atomic E-state index is 0.203. The first-order valence-electron chi connectivity index (χ1n) is 8.76. The van der Waals surface area contributed by atoms with Crippen molar-refractivity contribution >= 4 is 29.0 Å². The molecule has 0 spiro atoms. The maximum absolute atomic E-state index is 11.8. The summed E-state index contributed by atoms with van der Waals surface area (Å²) in [5, 5.41) is 6.24. The van der Waals surface area contributed by atoms with E-state index in [1.807, 2.05) is 49.4 Å². The van der Waals surface area contributed by atoms with E-state index >= 15 is 0 Å². The fraction of sp³-hybridized carbons (Fsp3) is 0.150. The summed E-state index contributed by atoms with van der Waals surface area (Å²) in [6.45, 7) is 3.02. The van der Waals surface area contributed by atoms with Crippen molar-refractivity contribution in [3.63, 3.8) is 0 Å². The summed E-state index contributed by atoms with van der Waals surface area (Å²) >= 11 is 0. The van der Waals surface area contributed by atoms with Gasteiger partial charge in [0.15, 0.2) is 11.5 Å². The minimum atomic E-state index is -0.610. The van der Waals surface area contributed by atoms with Gasteiger partial charge in [-0.05, 0) is 36.8 Å². The van der Waals surface area contributed by atoms with Gasteiger partial charge in [0.25, 0.3) is 5.91 Å². The molecule has 1 amide bonds. The number of carbonyl (C=O) groups is 1. The van der Waals surface area contributed by atoms with Crippen molar-refractivity contribution < 1.29 is 14.3 Å². The van der Waals surface area contributed by atoms with Crippen LogP contribution in [0.15, 0.2) is 48.7 Å². The third-order valence-electron chi connectivity index (χ3n) is 4.13. The van der Waals surface area contributed by atoms with Gasteiger partial charge >= 0.3 is 0 Å². The predicted octanol–water partition coefficient (Wildman–Crippen LogP) is 3.14. The van der Waals surface area contributed by atoms with Gasteiger partial charge in [0.1, 0.15) is 24.6 Å². The molecule has 0 radical (unpaired) electrons. The number of benzene rings is 2. The number of aromatic nitrogens is 2. The Bertz CT molecular complexity index is 1040. The lowest BCUT2D eigenvalue weighted by atomic mass is 10.2. The molecule has 1 aromatic heterocycles. The topological polar surface area (TPSA) is 111 Å². The van der Waals surface area contributed by atoms with Crippen molar-refractivity contribution in [3.8, 4) is 11.5 Å². The van der Waals surface area contributed by atoms with Gasteiger partial charge in [0.05, 0.1) is 0 Å². The average Bonchev–Trinajstić information content (AvgIpc) is 2.68. The number of nitrogens with zero attached hydrogens (tertiary/aromatic N) is 2. The van der Waals surface area contributed by atoms with Gasteiger partial charge in [-0.25, -0.2) is 4.98 Å². The van der Waals surface area contributed by atoms with Crippen LogP contribution < -0.4 is 25.8 Å². The highest BCUT2D eigenvalue weighted by molar-refractivity contribution is 5.98. The molecule has 0 bridgehead atoms. The smallest absolute Gasteiger partial charge is 0.254 e.